The van der Waals surface area contributed by atoms with Crippen LogP contribution in [-0.4, -0.2) is 29.6 Å². The monoisotopic (exact) mass is 274 g/mol. The molecule has 2 heterocycles. The van der Waals surface area contributed by atoms with Crippen LogP contribution >= 0.6 is 0 Å². The van der Waals surface area contributed by atoms with Crippen molar-refractivity contribution in [3.8, 4) is 0 Å². The molecular weight excluding hydrogens is 256 g/mol. The van der Waals surface area contributed by atoms with Crippen LogP contribution in [0.15, 0.2) is 24.3 Å². The summed E-state index contributed by atoms with van der Waals surface area (Å²) in [6, 6.07) is 7.64. The summed E-state index contributed by atoms with van der Waals surface area (Å²) >= 11 is 0. The fourth-order valence-electron chi connectivity index (χ4n) is 3.58. The van der Waals surface area contributed by atoms with E-state index in [1.54, 1.807) is 0 Å². The van der Waals surface area contributed by atoms with Crippen LogP contribution in [0.2, 0.25) is 0 Å². The van der Waals surface area contributed by atoms with Crippen LogP contribution in [0.5, 0.6) is 0 Å². The highest BCUT2D eigenvalue weighted by molar-refractivity contribution is 5.70. The largest absolute Gasteiger partial charge is 0.481 e. The Labute approximate surface area is 117 Å². The van der Waals surface area contributed by atoms with Gasteiger partial charge < -0.3 is 14.6 Å². The summed E-state index contributed by atoms with van der Waals surface area (Å²) in [5.74, 6) is -0.584. The molecule has 1 aromatic carbocycles. The highest BCUT2D eigenvalue weighted by Crippen LogP contribution is 2.43. The molecule has 1 N–H and O–H groups in total. The van der Waals surface area contributed by atoms with Gasteiger partial charge in [-0.1, -0.05) is 24.3 Å². The Morgan fingerprint density at radius 1 is 1.30 bits per heavy atom. The quantitative estimate of drug-likeness (QED) is 0.832. The van der Waals surface area contributed by atoms with E-state index in [2.05, 4.69) is 0 Å². The maximum absolute atomic E-state index is 11.3. The molecule has 0 spiro atoms. The van der Waals surface area contributed by atoms with Gasteiger partial charge in [0.05, 0.1) is 18.6 Å². The number of hydrogen-bond acceptors (Lipinski definition) is 3. The summed E-state index contributed by atoms with van der Waals surface area (Å²) in [6.07, 6.45) is 4.19. The number of benzene rings is 1. The molecule has 2 saturated heterocycles. The normalized spacial score (nSPS) is 31.4. The van der Waals surface area contributed by atoms with Gasteiger partial charge in [0.15, 0.2) is 0 Å². The topological polar surface area (TPSA) is 63.6 Å². The second-order valence-corrected chi connectivity index (χ2v) is 5.76. The first kappa shape index (κ1) is 13.3. The van der Waals surface area contributed by atoms with Crippen LogP contribution in [-0.2, 0) is 27.2 Å². The molecule has 0 aromatic heterocycles. The molecule has 2 fully saturated rings. The van der Waals surface area contributed by atoms with Crippen molar-refractivity contribution < 1.29 is 19.4 Å². The van der Waals surface area contributed by atoms with Crippen LogP contribution < -0.4 is 0 Å². The summed E-state index contributed by atoms with van der Waals surface area (Å²) in [5.41, 5.74) is 1.90. The van der Waals surface area contributed by atoms with Crippen LogP contribution in [0.25, 0.3) is 0 Å². The van der Waals surface area contributed by atoms with Gasteiger partial charge in [0.25, 0.3) is 0 Å². The van der Waals surface area contributed by atoms with Gasteiger partial charge in [0.1, 0.15) is 6.29 Å². The average Bonchev–Trinajstić information content (AvgIpc) is 2.99. The van der Waals surface area contributed by atoms with E-state index in [4.69, 9.17) is 9.84 Å². The zero-order valence-corrected chi connectivity index (χ0v) is 11.2. The smallest absolute Gasteiger partial charge is 0.307 e. The molecule has 106 valence electrons. The Kier molecular flexibility index (Phi) is 3.57. The Morgan fingerprint density at radius 3 is 2.80 bits per heavy atom. The van der Waals surface area contributed by atoms with E-state index in [0.29, 0.717) is 0 Å². The minimum absolute atomic E-state index is 0.00289. The number of carbonyl (C=O) groups is 2. The van der Waals surface area contributed by atoms with E-state index in [9.17, 15) is 9.59 Å². The second kappa shape index (κ2) is 5.37. The lowest BCUT2D eigenvalue weighted by atomic mass is 9.77. The molecule has 2 aliphatic heterocycles. The van der Waals surface area contributed by atoms with Gasteiger partial charge in [0.2, 0.25) is 0 Å². The standard InChI is InChI=1S/C16H18O4/c17-9-13-12(14-4-5-15(13)20-14)7-10-2-1-3-11(6-10)8-16(18)19/h1-3,6,9,12-15H,4-5,7-8H2,(H,18,19)/t12-,13+,14-,15+/m1/s1. The lowest BCUT2D eigenvalue weighted by Crippen LogP contribution is -2.29. The third kappa shape index (κ3) is 2.48. The highest BCUT2D eigenvalue weighted by Gasteiger charge is 2.48. The first-order valence-electron chi connectivity index (χ1n) is 7.07. The molecule has 1 aromatic rings. The number of ether oxygens (including phenoxy) is 1. The molecule has 2 bridgehead atoms. The Hall–Kier alpha value is -1.68. The molecule has 0 radical (unpaired) electrons. The van der Waals surface area contributed by atoms with Crippen molar-refractivity contribution in [2.24, 2.45) is 11.8 Å². The summed E-state index contributed by atoms with van der Waals surface area (Å²) in [4.78, 5) is 22.0. The van der Waals surface area contributed by atoms with Crippen LogP contribution in [0.1, 0.15) is 24.0 Å². The zero-order chi connectivity index (χ0) is 14.1. The van der Waals surface area contributed by atoms with Gasteiger partial charge in [-0.25, -0.2) is 0 Å². The van der Waals surface area contributed by atoms with Crippen LogP contribution in [0.3, 0.4) is 0 Å². The summed E-state index contributed by atoms with van der Waals surface area (Å²) in [5, 5.41) is 8.84. The van der Waals surface area contributed by atoms with Gasteiger partial charge in [-0.2, -0.15) is 0 Å². The fourth-order valence-corrected chi connectivity index (χ4v) is 3.58. The van der Waals surface area contributed by atoms with E-state index in [-0.39, 0.29) is 30.5 Å². The number of carbonyl (C=O) groups excluding carboxylic acids is 1. The number of carboxylic acids is 1. The molecule has 3 rings (SSSR count). The average molecular weight is 274 g/mol. The lowest BCUT2D eigenvalue weighted by molar-refractivity contribution is -0.136. The summed E-state index contributed by atoms with van der Waals surface area (Å²) < 4.78 is 5.83. The number of hydrogen-bond donors (Lipinski definition) is 1. The molecule has 0 saturated carbocycles. The number of rotatable bonds is 5. The van der Waals surface area contributed by atoms with E-state index in [1.807, 2.05) is 24.3 Å². The zero-order valence-electron chi connectivity index (χ0n) is 11.2. The summed E-state index contributed by atoms with van der Waals surface area (Å²) in [6.45, 7) is 0. The summed E-state index contributed by atoms with van der Waals surface area (Å²) in [7, 11) is 0. The SMILES string of the molecule is O=C[C@H]1[C@@H](Cc2cccc(CC(=O)O)c2)[C@H]2CC[C@@H]1O2. The van der Waals surface area contributed by atoms with Crippen molar-refractivity contribution in [2.75, 3.05) is 0 Å². The minimum atomic E-state index is -0.823. The van der Waals surface area contributed by atoms with Gasteiger partial charge >= 0.3 is 5.97 Å². The third-order valence-corrected chi connectivity index (χ3v) is 4.46. The number of fused-ring (bicyclic) bond motifs is 2. The maximum Gasteiger partial charge on any atom is 0.307 e. The molecule has 2 aliphatic rings. The molecule has 0 amide bonds. The first-order chi connectivity index (χ1) is 9.67. The van der Waals surface area contributed by atoms with E-state index >= 15 is 0 Å². The molecule has 20 heavy (non-hydrogen) atoms. The number of carboxylic acid groups (broad SMARTS) is 1. The van der Waals surface area contributed by atoms with Gasteiger partial charge in [-0.3, -0.25) is 4.79 Å². The predicted octanol–water partition coefficient (Wildman–Crippen LogP) is 1.85. The van der Waals surface area contributed by atoms with E-state index in [1.165, 1.54) is 0 Å². The number of aliphatic carboxylic acids is 1. The van der Waals surface area contributed by atoms with Gasteiger partial charge in [-0.05, 0) is 30.4 Å². The highest BCUT2D eigenvalue weighted by atomic mass is 16.5. The van der Waals surface area contributed by atoms with Crippen molar-refractivity contribution in [1.82, 2.24) is 0 Å². The molecule has 4 heteroatoms. The Bertz CT molecular complexity index is 525. The van der Waals surface area contributed by atoms with Crippen molar-refractivity contribution in [3.63, 3.8) is 0 Å². The molecular formula is C16H18O4. The van der Waals surface area contributed by atoms with Crippen molar-refractivity contribution in [1.29, 1.82) is 0 Å². The van der Waals surface area contributed by atoms with Crippen LogP contribution in [0.4, 0.5) is 0 Å². The molecule has 4 atom stereocenters. The maximum atomic E-state index is 11.3. The third-order valence-electron chi connectivity index (χ3n) is 4.46. The van der Waals surface area contributed by atoms with Crippen molar-refractivity contribution in [3.05, 3.63) is 35.4 Å². The fraction of sp³-hybridized carbons (Fsp3) is 0.500. The Morgan fingerprint density at radius 2 is 2.05 bits per heavy atom. The predicted molar refractivity (Wildman–Crippen MR) is 72.4 cm³/mol. The lowest BCUT2D eigenvalue weighted by Gasteiger charge is -2.24. The van der Waals surface area contributed by atoms with Gasteiger partial charge in [-0.15, -0.1) is 0 Å². The van der Waals surface area contributed by atoms with Crippen LogP contribution in [0, 0.1) is 11.8 Å². The Balaban J connectivity index is 1.74. The van der Waals surface area contributed by atoms with Crippen molar-refractivity contribution in [2.45, 2.75) is 37.9 Å². The van der Waals surface area contributed by atoms with Gasteiger partial charge in [0, 0.05) is 11.8 Å². The van der Waals surface area contributed by atoms with Crippen molar-refractivity contribution >= 4 is 12.3 Å². The van der Waals surface area contributed by atoms with E-state index in [0.717, 1.165) is 36.7 Å². The molecule has 0 aliphatic carbocycles. The molecule has 4 nitrogen and oxygen atoms in total. The molecule has 0 unspecified atom stereocenters. The second-order valence-electron chi connectivity index (χ2n) is 5.76. The first-order valence-corrected chi connectivity index (χ1v) is 7.07. The number of aldehydes is 1. The van der Waals surface area contributed by atoms with E-state index < -0.39 is 5.97 Å². The minimum Gasteiger partial charge on any atom is -0.481 e.